The maximum Gasteiger partial charge on any atom is 0.266 e. The summed E-state index contributed by atoms with van der Waals surface area (Å²) in [7, 11) is 1.51. The minimum atomic E-state index is -0.374. The number of thiazole rings is 1. The Hall–Kier alpha value is -2.88. The molecule has 0 unspecified atom stereocenters. The molecule has 0 aliphatic carbocycles. The fourth-order valence-corrected chi connectivity index (χ4v) is 5.10. The first-order chi connectivity index (χ1) is 14.0. The maximum atomic E-state index is 14.3. The highest BCUT2D eigenvalue weighted by Crippen LogP contribution is 2.35. The Balaban J connectivity index is 1.66. The molecule has 148 valence electrons. The summed E-state index contributed by atoms with van der Waals surface area (Å²) >= 11 is 2.55. The van der Waals surface area contributed by atoms with Gasteiger partial charge in [-0.2, -0.15) is 0 Å². The molecule has 2 amide bonds. The number of hydrogen-bond donors (Lipinski definition) is 2. The molecule has 6 nitrogen and oxygen atoms in total. The molecule has 4 aromatic rings. The molecule has 2 N–H and O–H groups in total. The Bertz CT molecular complexity index is 1250. The number of aromatic nitrogens is 1. The van der Waals surface area contributed by atoms with Crippen LogP contribution in [0.5, 0.6) is 0 Å². The van der Waals surface area contributed by atoms with Crippen LogP contribution in [-0.4, -0.2) is 23.9 Å². The third kappa shape index (κ3) is 3.84. The SMILES string of the molecule is COCc1c(C(=O)Nc2ccc3nc(NC(C)=O)sc3c2)sc2cccc(F)c12. The lowest BCUT2D eigenvalue weighted by molar-refractivity contribution is -0.114. The Labute approximate surface area is 173 Å². The second kappa shape index (κ2) is 7.86. The number of hydrogen-bond acceptors (Lipinski definition) is 6. The largest absolute Gasteiger partial charge is 0.380 e. The summed E-state index contributed by atoms with van der Waals surface area (Å²) < 4.78 is 21.0. The van der Waals surface area contributed by atoms with Crippen LogP contribution < -0.4 is 10.6 Å². The second-order valence-electron chi connectivity index (χ2n) is 6.29. The van der Waals surface area contributed by atoms with E-state index in [1.54, 1.807) is 30.3 Å². The van der Waals surface area contributed by atoms with Crippen molar-refractivity contribution in [2.75, 3.05) is 17.7 Å². The van der Waals surface area contributed by atoms with Crippen LogP contribution in [0.15, 0.2) is 36.4 Å². The van der Waals surface area contributed by atoms with Crippen LogP contribution in [-0.2, 0) is 16.1 Å². The molecule has 0 bridgehead atoms. The topological polar surface area (TPSA) is 80.3 Å². The smallest absolute Gasteiger partial charge is 0.266 e. The number of methoxy groups -OCH3 is 1. The van der Waals surface area contributed by atoms with Gasteiger partial charge in [-0.15, -0.1) is 11.3 Å². The maximum absolute atomic E-state index is 14.3. The third-order valence-corrected chi connectivity index (χ3v) is 6.32. The highest BCUT2D eigenvalue weighted by Gasteiger charge is 2.21. The van der Waals surface area contributed by atoms with Gasteiger partial charge in [0.15, 0.2) is 5.13 Å². The van der Waals surface area contributed by atoms with Gasteiger partial charge in [0.25, 0.3) is 5.91 Å². The standard InChI is InChI=1S/C20H16FN3O3S2/c1-10(25)22-20-24-14-7-6-11(8-16(14)29-20)23-19(26)18-12(9-27-2)17-13(21)4-3-5-15(17)28-18/h3-8H,9H2,1-2H3,(H,23,26)(H,22,24,25). The summed E-state index contributed by atoms with van der Waals surface area (Å²) in [4.78, 5) is 28.9. The molecule has 29 heavy (non-hydrogen) atoms. The number of carbonyl (C=O) groups excluding carboxylic acids is 2. The summed E-state index contributed by atoms with van der Waals surface area (Å²) in [5, 5.41) is 6.44. The number of nitrogens with zero attached hydrogens (tertiary/aromatic N) is 1. The lowest BCUT2D eigenvalue weighted by atomic mass is 10.1. The van der Waals surface area contributed by atoms with Gasteiger partial charge in [-0.25, -0.2) is 9.37 Å². The van der Waals surface area contributed by atoms with Crippen LogP contribution in [0, 0.1) is 5.82 Å². The van der Waals surface area contributed by atoms with E-state index in [-0.39, 0.29) is 24.2 Å². The number of halogens is 1. The molecule has 0 spiro atoms. The van der Waals surface area contributed by atoms with Crippen molar-refractivity contribution in [3.63, 3.8) is 0 Å². The minimum absolute atomic E-state index is 0.137. The number of amides is 2. The van der Waals surface area contributed by atoms with Crippen molar-refractivity contribution in [2.45, 2.75) is 13.5 Å². The van der Waals surface area contributed by atoms with Gasteiger partial charge in [-0.3, -0.25) is 9.59 Å². The normalized spacial score (nSPS) is 11.1. The molecule has 2 aromatic carbocycles. The molecule has 2 aromatic heterocycles. The van der Waals surface area contributed by atoms with Gasteiger partial charge < -0.3 is 15.4 Å². The van der Waals surface area contributed by atoms with Crippen LogP contribution in [0.1, 0.15) is 22.2 Å². The third-order valence-electron chi connectivity index (χ3n) is 4.19. The van der Waals surface area contributed by atoms with Crippen molar-refractivity contribution >= 4 is 65.6 Å². The molecule has 0 saturated heterocycles. The summed E-state index contributed by atoms with van der Waals surface area (Å²) in [6.07, 6.45) is 0. The van der Waals surface area contributed by atoms with Crippen LogP contribution in [0.2, 0.25) is 0 Å². The molecule has 0 radical (unpaired) electrons. The van der Waals surface area contributed by atoms with E-state index in [1.807, 2.05) is 0 Å². The van der Waals surface area contributed by atoms with Gasteiger partial charge in [0.1, 0.15) is 5.82 Å². The van der Waals surface area contributed by atoms with Crippen molar-refractivity contribution in [1.29, 1.82) is 0 Å². The van der Waals surface area contributed by atoms with Crippen molar-refractivity contribution in [1.82, 2.24) is 4.98 Å². The first-order valence-corrected chi connectivity index (χ1v) is 10.3. The van der Waals surface area contributed by atoms with Crippen LogP contribution in [0.4, 0.5) is 15.2 Å². The molecule has 0 fully saturated rings. The average Bonchev–Trinajstić information content (AvgIpc) is 3.23. The van der Waals surface area contributed by atoms with Crippen LogP contribution in [0.25, 0.3) is 20.3 Å². The van der Waals surface area contributed by atoms with E-state index in [0.717, 1.165) is 10.2 Å². The fraction of sp³-hybridized carbons (Fsp3) is 0.150. The second-order valence-corrected chi connectivity index (χ2v) is 8.38. The average molecular weight is 429 g/mol. The number of thiophene rings is 1. The quantitative estimate of drug-likeness (QED) is 0.467. The monoisotopic (exact) mass is 429 g/mol. The number of benzene rings is 2. The zero-order valence-electron chi connectivity index (χ0n) is 15.5. The van der Waals surface area contributed by atoms with Crippen LogP contribution >= 0.6 is 22.7 Å². The predicted molar refractivity (Wildman–Crippen MR) is 114 cm³/mol. The van der Waals surface area contributed by atoms with E-state index in [2.05, 4.69) is 15.6 Å². The van der Waals surface area contributed by atoms with E-state index in [0.29, 0.717) is 31.3 Å². The Morgan fingerprint density at radius 1 is 1.14 bits per heavy atom. The lowest BCUT2D eigenvalue weighted by Gasteiger charge is -2.06. The van der Waals surface area contributed by atoms with Gasteiger partial charge in [-0.05, 0) is 30.3 Å². The molecule has 4 rings (SSSR count). The zero-order valence-corrected chi connectivity index (χ0v) is 17.2. The summed E-state index contributed by atoms with van der Waals surface area (Å²) in [6.45, 7) is 1.56. The number of fused-ring (bicyclic) bond motifs is 2. The first kappa shape index (κ1) is 19.4. The van der Waals surface area contributed by atoms with Gasteiger partial charge in [0.2, 0.25) is 5.91 Å². The van der Waals surface area contributed by atoms with E-state index >= 15 is 0 Å². The summed E-state index contributed by atoms with van der Waals surface area (Å²) in [6, 6.07) is 10.1. The zero-order chi connectivity index (χ0) is 20.5. The van der Waals surface area contributed by atoms with E-state index in [1.165, 1.54) is 42.8 Å². The van der Waals surface area contributed by atoms with Gasteiger partial charge in [-0.1, -0.05) is 17.4 Å². The Morgan fingerprint density at radius 2 is 1.97 bits per heavy atom. The summed E-state index contributed by atoms with van der Waals surface area (Å²) in [5.74, 6) is -0.898. The van der Waals surface area contributed by atoms with Gasteiger partial charge in [0.05, 0.1) is 21.7 Å². The van der Waals surface area contributed by atoms with Crippen molar-refractivity contribution in [3.05, 3.63) is 52.7 Å². The van der Waals surface area contributed by atoms with Crippen LogP contribution in [0.3, 0.4) is 0 Å². The number of rotatable bonds is 5. The Morgan fingerprint density at radius 3 is 2.72 bits per heavy atom. The number of carbonyl (C=O) groups is 2. The predicted octanol–water partition coefficient (Wildman–Crippen LogP) is 5.01. The summed E-state index contributed by atoms with van der Waals surface area (Å²) in [5.41, 5.74) is 1.84. The van der Waals surface area contributed by atoms with Crippen molar-refractivity contribution in [2.24, 2.45) is 0 Å². The molecular formula is C20H16FN3O3S2. The lowest BCUT2D eigenvalue weighted by Crippen LogP contribution is -2.12. The molecule has 0 aliphatic rings. The molecule has 2 heterocycles. The number of anilines is 2. The fourth-order valence-electron chi connectivity index (χ4n) is 3.03. The number of ether oxygens (including phenoxy) is 1. The first-order valence-electron chi connectivity index (χ1n) is 8.64. The van der Waals surface area contributed by atoms with Crippen molar-refractivity contribution in [3.8, 4) is 0 Å². The van der Waals surface area contributed by atoms with Gasteiger partial charge in [0, 0.05) is 35.4 Å². The highest BCUT2D eigenvalue weighted by molar-refractivity contribution is 7.22. The molecular weight excluding hydrogens is 413 g/mol. The molecule has 9 heteroatoms. The van der Waals surface area contributed by atoms with E-state index in [4.69, 9.17) is 4.74 Å². The minimum Gasteiger partial charge on any atom is -0.380 e. The number of nitrogens with one attached hydrogen (secondary N) is 2. The van der Waals surface area contributed by atoms with E-state index < -0.39 is 0 Å². The van der Waals surface area contributed by atoms with Crippen molar-refractivity contribution < 1.29 is 18.7 Å². The molecule has 0 saturated carbocycles. The highest BCUT2D eigenvalue weighted by atomic mass is 32.1. The Kier molecular flexibility index (Phi) is 5.27. The van der Waals surface area contributed by atoms with Gasteiger partial charge >= 0.3 is 0 Å². The van der Waals surface area contributed by atoms with E-state index in [9.17, 15) is 14.0 Å². The molecule has 0 aliphatic heterocycles. The molecule has 0 atom stereocenters.